The summed E-state index contributed by atoms with van der Waals surface area (Å²) in [5.41, 5.74) is 4.50. The van der Waals surface area contributed by atoms with Gasteiger partial charge in [0.25, 0.3) is 0 Å². The number of aryl methyl sites for hydroxylation is 2. The standard InChI is InChI=1S/C20H34.C2H7P.4BrH.H3N.H2O/c1-4-5-6-7-8-9-10-11-12-13-16-20-17-14-15-18(2)19(20)3;1-2-3;;;;;;/h14-15,17H,4-13,16H2,1-3H3;2-3H2,1H3;4*1H;1H3;1H2. The van der Waals surface area contributed by atoms with Crippen molar-refractivity contribution in [3.05, 3.63) is 34.9 Å². The zero-order valence-electron chi connectivity index (χ0n) is 19.1. The van der Waals surface area contributed by atoms with Gasteiger partial charge in [0.15, 0.2) is 0 Å². The van der Waals surface area contributed by atoms with E-state index >= 15 is 0 Å². The molecule has 0 saturated carbocycles. The lowest BCUT2D eigenvalue weighted by atomic mass is 9.98. The second kappa shape index (κ2) is 36.8. The predicted octanol–water partition coefficient (Wildman–Crippen LogP) is 9.30. The van der Waals surface area contributed by atoms with Crippen molar-refractivity contribution in [1.82, 2.24) is 6.15 Å². The Morgan fingerprint density at radius 2 is 1.07 bits per heavy atom. The second-order valence-corrected chi connectivity index (χ2v) is 7.52. The van der Waals surface area contributed by atoms with Crippen LogP contribution in [-0.4, -0.2) is 11.6 Å². The highest BCUT2D eigenvalue weighted by molar-refractivity contribution is 8.93. The molecule has 0 amide bonds. The minimum absolute atomic E-state index is 0. The van der Waals surface area contributed by atoms with Crippen molar-refractivity contribution in [2.24, 2.45) is 0 Å². The van der Waals surface area contributed by atoms with Gasteiger partial charge in [0.05, 0.1) is 0 Å². The van der Waals surface area contributed by atoms with E-state index in [1.807, 2.05) is 0 Å². The van der Waals surface area contributed by atoms with Crippen molar-refractivity contribution in [3.63, 3.8) is 0 Å². The first-order chi connectivity index (χ1) is 11.2. The van der Waals surface area contributed by atoms with Crippen molar-refractivity contribution in [1.29, 1.82) is 0 Å². The summed E-state index contributed by atoms with van der Waals surface area (Å²) in [6.07, 6.45) is 16.7. The van der Waals surface area contributed by atoms with E-state index in [0.29, 0.717) is 0 Å². The van der Waals surface area contributed by atoms with Gasteiger partial charge in [0.2, 0.25) is 0 Å². The van der Waals surface area contributed by atoms with Crippen LogP contribution in [0.4, 0.5) is 0 Å². The van der Waals surface area contributed by atoms with Gasteiger partial charge in [-0.2, -0.15) is 0 Å². The molecule has 0 fully saturated rings. The fraction of sp³-hybridized carbons (Fsp3) is 0.727. The molecule has 1 aromatic rings. The molecule has 0 aliphatic heterocycles. The normalized spacial score (nSPS) is 8.17. The van der Waals surface area contributed by atoms with Crippen LogP contribution in [0, 0.1) is 13.8 Å². The van der Waals surface area contributed by atoms with Gasteiger partial charge in [-0.05, 0) is 49.5 Å². The second-order valence-electron chi connectivity index (χ2n) is 6.70. The van der Waals surface area contributed by atoms with Crippen molar-refractivity contribution < 1.29 is 5.48 Å². The highest BCUT2D eigenvalue weighted by atomic mass is 79.9. The number of hydrogen-bond acceptors (Lipinski definition) is 1. The number of halogens is 4. The molecule has 0 bridgehead atoms. The number of benzene rings is 1. The van der Waals surface area contributed by atoms with E-state index in [1.165, 1.54) is 87.9 Å². The number of hydrogen-bond donors (Lipinski definition) is 1. The summed E-state index contributed by atoms with van der Waals surface area (Å²) in [5.74, 6) is 0. The van der Waals surface area contributed by atoms with Crippen LogP contribution in [0.3, 0.4) is 0 Å². The molecule has 0 heterocycles. The van der Waals surface area contributed by atoms with Crippen molar-refractivity contribution >= 4 is 77.2 Å². The molecule has 5 N–H and O–H groups in total. The Morgan fingerprint density at radius 3 is 1.48 bits per heavy atom. The zero-order valence-corrected chi connectivity index (χ0v) is 27.1. The lowest BCUT2D eigenvalue weighted by Crippen LogP contribution is -1.92. The summed E-state index contributed by atoms with van der Waals surface area (Å²) in [7, 11) is 2.58. The van der Waals surface area contributed by atoms with E-state index in [2.05, 4.69) is 55.1 Å². The highest BCUT2D eigenvalue weighted by Crippen LogP contribution is 2.16. The smallest absolute Gasteiger partial charge is 0.0276 e. The van der Waals surface area contributed by atoms with Gasteiger partial charge in [-0.15, -0.1) is 77.2 Å². The minimum atomic E-state index is 0. The van der Waals surface area contributed by atoms with Gasteiger partial charge in [0, 0.05) is 0 Å². The molecule has 1 rings (SSSR count). The average Bonchev–Trinajstić information content (AvgIpc) is 2.54. The maximum Gasteiger partial charge on any atom is -0.0276 e. The summed E-state index contributed by atoms with van der Waals surface area (Å²) in [6.45, 7) is 8.86. The fourth-order valence-electron chi connectivity index (χ4n) is 2.89. The van der Waals surface area contributed by atoms with Crippen molar-refractivity contribution in [2.45, 2.75) is 98.3 Å². The SMILES string of the molecule is Br.Br.Br.Br.CCCCCCCCCCCCc1cccc(C)c1C.CCP.N.O. The third-order valence-electron chi connectivity index (χ3n) is 4.52. The van der Waals surface area contributed by atoms with Crippen LogP contribution in [0.25, 0.3) is 0 Å². The zero-order chi connectivity index (χ0) is 17.3. The Balaban J connectivity index is -0.000000101. The quantitative estimate of drug-likeness (QED) is 0.182. The monoisotopic (exact) mass is 691 g/mol. The molecule has 1 unspecified atom stereocenters. The van der Waals surface area contributed by atoms with Gasteiger partial charge in [-0.3, -0.25) is 0 Å². The maximum atomic E-state index is 2.58. The van der Waals surface area contributed by atoms with E-state index in [4.69, 9.17) is 0 Å². The number of unbranched alkanes of at least 4 members (excludes halogenated alkanes) is 9. The number of rotatable bonds is 11. The van der Waals surface area contributed by atoms with Gasteiger partial charge in [-0.25, -0.2) is 0 Å². The molecule has 182 valence electrons. The highest BCUT2D eigenvalue weighted by Gasteiger charge is 2.00. The van der Waals surface area contributed by atoms with Gasteiger partial charge in [-0.1, -0.05) is 89.8 Å². The minimum Gasteiger partial charge on any atom is -0.412 e. The van der Waals surface area contributed by atoms with Crippen molar-refractivity contribution in [2.75, 3.05) is 6.16 Å². The Morgan fingerprint density at radius 1 is 0.690 bits per heavy atom. The Kier molecular flexibility index (Phi) is 61.0. The first kappa shape index (κ1) is 48.1. The third kappa shape index (κ3) is 29.5. The molecule has 7 heteroatoms. The molecule has 0 saturated heterocycles. The fourth-order valence-corrected chi connectivity index (χ4v) is 2.89. The Hall–Kier alpha value is 1.49. The largest absolute Gasteiger partial charge is 0.412 e. The van der Waals surface area contributed by atoms with Gasteiger partial charge in [0.1, 0.15) is 0 Å². The molecule has 29 heavy (non-hydrogen) atoms. The summed E-state index contributed by atoms with van der Waals surface area (Å²) >= 11 is 0. The van der Waals surface area contributed by atoms with E-state index < -0.39 is 0 Å². The third-order valence-corrected chi connectivity index (χ3v) is 4.52. The summed E-state index contributed by atoms with van der Waals surface area (Å²) < 4.78 is 0. The summed E-state index contributed by atoms with van der Waals surface area (Å²) in [4.78, 5) is 0. The van der Waals surface area contributed by atoms with E-state index in [0.717, 1.165) is 0 Å². The molecule has 2 nitrogen and oxygen atoms in total. The molecule has 0 radical (unpaired) electrons. The van der Waals surface area contributed by atoms with E-state index in [-0.39, 0.29) is 79.6 Å². The van der Waals surface area contributed by atoms with Crippen LogP contribution in [0.2, 0.25) is 0 Å². The maximum absolute atomic E-state index is 2.58. The van der Waals surface area contributed by atoms with Crippen molar-refractivity contribution in [3.8, 4) is 0 Å². The first-order valence-corrected chi connectivity index (χ1v) is 10.7. The molecular formula is C22H50Br4NOP. The van der Waals surface area contributed by atoms with E-state index in [9.17, 15) is 0 Å². The predicted molar refractivity (Wildman–Crippen MR) is 162 cm³/mol. The van der Waals surface area contributed by atoms with Crippen LogP contribution < -0.4 is 6.15 Å². The van der Waals surface area contributed by atoms with Crippen LogP contribution in [0.15, 0.2) is 18.2 Å². The van der Waals surface area contributed by atoms with Crippen LogP contribution in [0.1, 0.15) is 94.7 Å². The lowest BCUT2D eigenvalue weighted by molar-refractivity contribution is 0.556. The van der Waals surface area contributed by atoms with Crippen LogP contribution in [0.5, 0.6) is 0 Å². The molecule has 1 atom stereocenters. The Bertz CT molecular complexity index is 399. The lowest BCUT2D eigenvalue weighted by Gasteiger charge is -2.08. The molecule has 0 aromatic heterocycles. The summed E-state index contributed by atoms with van der Waals surface area (Å²) in [6, 6.07) is 6.72. The van der Waals surface area contributed by atoms with Gasteiger partial charge < -0.3 is 11.6 Å². The average molecular weight is 695 g/mol. The van der Waals surface area contributed by atoms with Gasteiger partial charge >= 0.3 is 0 Å². The first-order valence-electron chi connectivity index (χ1n) is 9.92. The van der Waals surface area contributed by atoms with Crippen LogP contribution in [-0.2, 0) is 6.42 Å². The molecule has 0 aliphatic rings. The topological polar surface area (TPSA) is 66.5 Å². The molecule has 0 spiro atoms. The molecule has 1 aromatic carbocycles. The van der Waals surface area contributed by atoms with Crippen LogP contribution >= 0.6 is 77.2 Å². The van der Waals surface area contributed by atoms with E-state index in [1.54, 1.807) is 5.56 Å². The molecular weight excluding hydrogens is 645 g/mol. The Labute approximate surface area is 226 Å². The molecule has 0 aliphatic carbocycles. The summed E-state index contributed by atoms with van der Waals surface area (Å²) in [5, 5.41) is 0.